The number of benzene rings is 1. The Morgan fingerprint density at radius 2 is 2.27 bits per heavy atom. The van der Waals surface area contributed by atoms with Crippen molar-refractivity contribution >= 4 is 17.7 Å². The van der Waals surface area contributed by atoms with Gasteiger partial charge in [0.25, 0.3) is 0 Å². The molecular formula is C17H23NO3S. The standard InChI is InChI=1S/C17H23NO3S/c1-20-15-4-2-3-14-7-13(9-21-17(14)15)8-18-16(19)11-22-10-12-5-6-12/h2-4,12-13H,5-11H2,1H3,(H,18,19). The molecule has 120 valence electrons. The molecule has 0 spiro atoms. The van der Waals surface area contributed by atoms with E-state index in [1.54, 1.807) is 18.9 Å². The molecule has 5 heteroatoms. The molecule has 1 amide bonds. The minimum atomic E-state index is 0.141. The van der Waals surface area contributed by atoms with E-state index >= 15 is 0 Å². The molecule has 0 bridgehead atoms. The second-order valence-electron chi connectivity index (χ2n) is 6.09. The Morgan fingerprint density at radius 3 is 3.05 bits per heavy atom. The van der Waals surface area contributed by atoms with Gasteiger partial charge in [0.15, 0.2) is 11.5 Å². The molecule has 0 radical (unpaired) electrons. The Kier molecular flexibility index (Phi) is 5.13. The number of thioether (sulfide) groups is 1. The van der Waals surface area contributed by atoms with E-state index in [-0.39, 0.29) is 5.91 Å². The molecule has 0 aromatic heterocycles. The van der Waals surface area contributed by atoms with E-state index in [9.17, 15) is 4.79 Å². The van der Waals surface area contributed by atoms with Gasteiger partial charge in [-0.3, -0.25) is 4.79 Å². The van der Waals surface area contributed by atoms with Gasteiger partial charge in [-0.2, -0.15) is 11.8 Å². The van der Waals surface area contributed by atoms with Crippen LogP contribution in [0.3, 0.4) is 0 Å². The summed E-state index contributed by atoms with van der Waals surface area (Å²) in [4.78, 5) is 11.8. The van der Waals surface area contributed by atoms with E-state index in [1.165, 1.54) is 12.8 Å². The van der Waals surface area contributed by atoms with E-state index < -0.39 is 0 Å². The van der Waals surface area contributed by atoms with E-state index in [0.717, 1.165) is 35.2 Å². The van der Waals surface area contributed by atoms with Gasteiger partial charge in [-0.15, -0.1) is 0 Å². The highest BCUT2D eigenvalue weighted by atomic mass is 32.2. The van der Waals surface area contributed by atoms with E-state index in [2.05, 4.69) is 11.4 Å². The molecule has 1 aliphatic heterocycles. The van der Waals surface area contributed by atoms with Crippen LogP contribution >= 0.6 is 11.8 Å². The molecule has 3 rings (SSSR count). The van der Waals surface area contributed by atoms with Crippen molar-refractivity contribution in [3.8, 4) is 11.5 Å². The Morgan fingerprint density at radius 1 is 1.41 bits per heavy atom. The zero-order valence-corrected chi connectivity index (χ0v) is 13.8. The molecule has 1 fully saturated rings. The Labute approximate surface area is 135 Å². The van der Waals surface area contributed by atoms with Crippen LogP contribution in [0.5, 0.6) is 11.5 Å². The molecule has 4 nitrogen and oxygen atoms in total. The molecule has 1 aromatic carbocycles. The number of methoxy groups -OCH3 is 1. The molecule has 1 unspecified atom stereocenters. The topological polar surface area (TPSA) is 47.6 Å². The van der Waals surface area contributed by atoms with Crippen LogP contribution in [0.1, 0.15) is 18.4 Å². The third-order valence-electron chi connectivity index (χ3n) is 4.12. The number of ether oxygens (including phenoxy) is 2. The number of hydrogen-bond acceptors (Lipinski definition) is 4. The molecule has 1 N–H and O–H groups in total. The van der Waals surface area contributed by atoms with Crippen molar-refractivity contribution in [2.45, 2.75) is 19.3 Å². The van der Waals surface area contributed by atoms with Crippen molar-refractivity contribution in [2.75, 3.05) is 31.8 Å². The second kappa shape index (κ2) is 7.27. The Hall–Kier alpha value is -1.36. The third-order valence-corrected chi connectivity index (χ3v) is 5.30. The number of para-hydroxylation sites is 1. The predicted octanol–water partition coefficient (Wildman–Crippen LogP) is 2.51. The number of nitrogens with one attached hydrogen (secondary N) is 1. The van der Waals surface area contributed by atoms with Crippen LogP contribution in [-0.2, 0) is 11.2 Å². The van der Waals surface area contributed by atoms with Crippen LogP contribution in [0.2, 0.25) is 0 Å². The van der Waals surface area contributed by atoms with Crippen molar-refractivity contribution in [3.63, 3.8) is 0 Å². The summed E-state index contributed by atoms with van der Waals surface area (Å²) in [6.07, 6.45) is 3.61. The van der Waals surface area contributed by atoms with Gasteiger partial charge >= 0.3 is 0 Å². The van der Waals surface area contributed by atoms with Crippen molar-refractivity contribution in [2.24, 2.45) is 11.8 Å². The van der Waals surface area contributed by atoms with Gasteiger partial charge in [0, 0.05) is 12.5 Å². The summed E-state index contributed by atoms with van der Waals surface area (Å²) in [5.74, 6) is 4.70. The molecule has 1 aliphatic carbocycles. The summed E-state index contributed by atoms with van der Waals surface area (Å²) in [5.41, 5.74) is 1.16. The first kappa shape index (κ1) is 15.5. The Bertz CT molecular complexity index is 531. The van der Waals surface area contributed by atoms with Crippen LogP contribution in [0.4, 0.5) is 0 Å². The van der Waals surface area contributed by atoms with Crippen molar-refractivity contribution in [1.29, 1.82) is 0 Å². The maximum absolute atomic E-state index is 11.8. The molecule has 1 saturated carbocycles. The number of rotatable bonds is 7. The predicted molar refractivity (Wildman–Crippen MR) is 88.7 cm³/mol. The van der Waals surface area contributed by atoms with Gasteiger partial charge in [-0.25, -0.2) is 0 Å². The second-order valence-corrected chi connectivity index (χ2v) is 7.12. The van der Waals surface area contributed by atoms with Crippen LogP contribution in [0, 0.1) is 11.8 Å². The van der Waals surface area contributed by atoms with Gasteiger partial charge in [0.2, 0.25) is 5.91 Å². The minimum absolute atomic E-state index is 0.141. The van der Waals surface area contributed by atoms with Crippen LogP contribution < -0.4 is 14.8 Å². The number of fused-ring (bicyclic) bond motifs is 1. The third kappa shape index (κ3) is 4.09. The largest absolute Gasteiger partial charge is 0.493 e. The van der Waals surface area contributed by atoms with E-state index in [0.29, 0.717) is 24.8 Å². The molecule has 1 heterocycles. The van der Waals surface area contributed by atoms with Crippen LogP contribution in [-0.4, -0.2) is 37.7 Å². The summed E-state index contributed by atoms with van der Waals surface area (Å²) in [6, 6.07) is 5.96. The first-order chi connectivity index (χ1) is 10.8. The van der Waals surface area contributed by atoms with Gasteiger partial charge in [-0.1, -0.05) is 12.1 Å². The average Bonchev–Trinajstić information content (AvgIpc) is 3.36. The monoisotopic (exact) mass is 321 g/mol. The normalized spacial score (nSPS) is 20.0. The summed E-state index contributed by atoms with van der Waals surface area (Å²) >= 11 is 1.75. The summed E-state index contributed by atoms with van der Waals surface area (Å²) in [5, 5.41) is 3.03. The smallest absolute Gasteiger partial charge is 0.230 e. The maximum atomic E-state index is 11.8. The summed E-state index contributed by atoms with van der Waals surface area (Å²) < 4.78 is 11.1. The quantitative estimate of drug-likeness (QED) is 0.838. The van der Waals surface area contributed by atoms with Gasteiger partial charge < -0.3 is 14.8 Å². The first-order valence-electron chi connectivity index (χ1n) is 7.89. The maximum Gasteiger partial charge on any atom is 0.230 e. The van der Waals surface area contributed by atoms with Gasteiger partial charge in [0.05, 0.1) is 19.5 Å². The molecule has 22 heavy (non-hydrogen) atoms. The fourth-order valence-electron chi connectivity index (χ4n) is 2.66. The zero-order valence-electron chi connectivity index (χ0n) is 13.0. The number of amides is 1. The van der Waals surface area contributed by atoms with E-state index in [1.807, 2.05) is 12.1 Å². The lowest BCUT2D eigenvalue weighted by Gasteiger charge is -2.26. The molecule has 1 aromatic rings. The first-order valence-corrected chi connectivity index (χ1v) is 9.05. The van der Waals surface area contributed by atoms with Crippen LogP contribution in [0.25, 0.3) is 0 Å². The highest BCUT2D eigenvalue weighted by molar-refractivity contribution is 7.99. The highest BCUT2D eigenvalue weighted by Crippen LogP contribution is 2.36. The number of carbonyl (C=O) groups excluding carboxylic acids is 1. The van der Waals surface area contributed by atoms with E-state index in [4.69, 9.17) is 9.47 Å². The molecule has 0 saturated heterocycles. The molecule has 1 atom stereocenters. The molecular weight excluding hydrogens is 298 g/mol. The zero-order chi connectivity index (χ0) is 15.4. The van der Waals surface area contributed by atoms with Crippen molar-refractivity contribution in [3.05, 3.63) is 23.8 Å². The fraction of sp³-hybridized carbons (Fsp3) is 0.588. The highest BCUT2D eigenvalue weighted by Gasteiger charge is 2.23. The lowest BCUT2D eigenvalue weighted by Crippen LogP contribution is -2.35. The summed E-state index contributed by atoms with van der Waals surface area (Å²) in [6.45, 7) is 1.31. The lowest BCUT2D eigenvalue weighted by atomic mass is 9.96. The SMILES string of the molecule is COc1cccc2c1OCC(CNC(=O)CSCC1CC1)C2. The minimum Gasteiger partial charge on any atom is -0.493 e. The van der Waals surface area contributed by atoms with Gasteiger partial charge in [0.1, 0.15) is 0 Å². The Balaban J connectivity index is 1.43. The number of carbonyl (C=O) groups is 1. The lowest BCUT2D eigenvalue weighted by molar-refractivity contribution is -0.118. The van der Waals surface area contributed by atoms with Crippen molar-refractivity contribution in [1.82, 2.24) is 5.32 Å². The number of hydrogen-bond donors (Lipinski definition) is 1. The molecule has 2 aliphatic rings. The van der Waals surface area contributed by atoms with Gasteiger partial charge in [-0.05, 0) is 42.6 Å². The average molecular weight is 321 g/mol. The summed E-state index contributed by atoms with van der Waals surface area (Å²) in [7, 11) is 1.66. The fourth-order valence-corrected chi connectivity index (χ4v) is 3.73. The van der Waals surface area contributed by atoms with Crippen LogP contribution in [0.15, 0.2) is 18.2 Å². The van der Waals surface area contributed by atoms with Crippen molar-refractivity contribution < 1.29 is 14.3 Å².